The Balaban J connectivity index is 2.52. The summed E-state index contributed by atoms with van der Waals surface area (Å²) in [6.45, 7) is 3.12. The van der Waals surface area contributed by atoms with Crippen LogP contribution in [0.2, 0.25) is 5.02 Å². The number of thiophene rings is 1. The van der Waals surface area contributed by atoms with Crippen molar-refractivity contribution in [1.82, 2.24) is 4.31 Å². The fourth-order valence-electron chi connectivity index (χ4n) is 2.21. The molecule has 1 N–H and O–H groups in total. The fourth-order valence-corrected chi connectivity index (χ4v) is 5.37. The van der Waals surface area contributed by atoms with Gasteiger partial charge in [0.2, 0.25) is 10.0 Å². The summed E-state index contributed by atoms with van der Waals surface area (Å²) in [6.07, 6.45) is 0. The minimum atomic E-state index is -3.78. The minimum Gasteiger partial charge on any atom is -0.481 e. The van der Waals surface area contributed by atoms with E-state index >= 15 is 0 Å². The van der Waals surface area contributed by atoms with Gasteiger partial charge in [0, 0.05) is 33.6 Å². The molecule has 0 bridgehead atoms. The monoisotopic (exact) mass is 361 g/mol. The molecule has 0 radical (unpaired) electrons. The van der Waals surface area contributed by atoms with Crippen molar-refractivity contribution < 1.29 is 18.3 Å². The average molecular weight is 362 g/mol. The van der Waals surface area contributed by atoms with Crippen LogP contribution in [-0.4, -0.2) is 37.4 Å². The summed E-state index contributed by atoms with van der Waals surface area (Å²) in [5.41, 5.74) is 0. The van der Waals surface area contributed by atoms with E-state index in [1.807, 2.05) is 0 Å². The van der Waals surface area contributed by atoms with Gasteiger partial charge in [-0.25, -0.2) is 12.7 Å². The lowest BCUT2D eigenvalue weighted by molar-refractivity contribution is -0.141. The minimum absolute atomic E-state index is 0.0883. The lowest BCUT2D eigenvalue weighted by Crippen LogP contribution is -2.33. The lowest BCUT2D eigenvalue weighted by Gasteiger charge is -2.19. The maximum absolute atomic E-state index is 12.8. The molecule has 8 heteroatoms. The van der Waals surface area contributed by atoms with Gasteiger partial charge in [-0.15, -0.1) is 11.3 Å². The van der Waals surface area contributed by atoms with Crippen molar-refractivity contribution in [2.24, 2.45) is 5.92 Å². The predicted octanol–water partition coefficient (Wildman–Crippen LogP) is 3.20. The second kappa shape index (κ2) is 6.16. The molecule has 1 heterocycles. The second-order valence-corrected chi connectivity index (χ2v) is 8.83. The quantitative estimate of drug-likeness (QED) is 0.887. The van der Waals surface area contributed by atoms with Gasteiger partial charge in [-0.3, -0.25) is 4.79 Å². The number of halogens is 1. The van der Waals surface area contributed by atoms with Crippen molar-refractivity contribution in [1.29, 1.82) is 0 Å². The highest BCUT2D eigenvalue weighted by molar-refractivity contribution is 7.89. The molecule has 0 aliphatic carbocycles. The maximum Gasteiger partial charge on any atom is 0.307 e. The van der Waals surface area contributed by atoms with Crippen LogP contribution in [0.25, 0.3) is 10.1 Å². The first-order chi connectivity index (χ1) is 10.1. The second-order valence-electron chi connectivity index (χ2n) is 5.15. The molecule has 5 nitrogen and oxygen atoms in total. The molecule has 1 atom stereocenters. The van der Waals surface area contributed by atoms with Crippen LogP contribution < -0.4 is 0 Å². The Labute approximate surface area is 138 Å². The summed E-state index contributed by atoms with van der Waals surface area (Å²) in [5, 5.41) is 9.99. The van der Waals surface area contributed by atoms with Gasteiger partial charge in [0.1, 0.15) is 4.90 Å². The zero-order chi connectivity index (χ0) is 16.7. The van der Waals surface area contributed by atoms with Gasteiger partial charge < -0.3 is 5.11 Å². The fraction of sp³-hybridized carbons (Fsp3) is 0.357. The summed E-state index contributed by atoms with van der Waals surface area (Å²) in [7, 11) is -2.39. The van der Waals surface area contributed by atoms with Crippen molar-refractivity contribution in [3.8, 4) is 0 Å². The van der Waals surface area contributed by atoms with E-state index in [4.69, 9.17) is 16.7 Å². The smallest absolute Gasteiger partial charge is 0.307 e. The van der Waals surface area contributed by atoms with E-state index in [9.17, 15) is 13.2 Å². The van der Waals surface area contributed by atoms with E-state index in [1.54, 1.807) is 25.1 Å². The number of sulfonamides is 1. The van der Waals surface area contributed by atoms with E-state index in [2.05, 4.69) is 0 Å². The molecule has 0 fully saturated rings. The number of carboxylic acids is 1. The van der Waals surface area contributed by atoms with Gasteiger partial charge in [0.25, 0.3) is 0 Å². The first-order valence-electron chi connectivity index (χ1n) is 6.52. The third-order valence-corrected chi connectivity index (χ3v) is 6.85. The van der Waals surface area contributed by atoms with Gasteiger partial charge in [0.05, 0.1) is 5.92 Å². The van der Waals surface area contributed by atoms with E-state index < -0.39 is 21.9 Å². The molecule has 0 amide bonds. The Morgan fingerprint density at radius 3 is 2.68 bits per heavy atom. The molecule has 0 spiro atoms. The standard InChI is InChI=1S/C14H16ClNO4S2/c1-8(14(17)18)7-16(3)22(19,20)13-9(2)21-12-5-4-10(15)6-11(12)13/h4-6,8H,7H2,1-3H3,(H,17,18). The molecule has 2 rings (SSSR count). The Morgan fingerprint density at radius 2 is 2.09 bits per heavy atom. The molecule has 120 valence electrons. The molecule has 1 aromatic heterocycles. The van der Waals surface area contributed by atoms with Crippen LogP contribution in [0.1, 0.15) is 11.8 Å². The van der Waals surface area contributed by atoms with Crippen molar-refractivity contribution in [3.05, 3.63) is 28.1 Å². The Kier molecular flexibility index (Phi) is 4.81. The van der Waals surface area contributed by atoms with Crippen LogP contribution in [0, 0.1) is 12.8 Å². The van der Waals surface area contributed by atoms with Gasteiger partial charge in [-0.1, -0.05) is 18.5 Å². The Hall–Kier alpha value is -1.15. The Bertz CT molecular complexity index is 829. The topological polar surface area (TPSA) is 74.7 Å². The molecule has 0 saturated heterocycles. The van der Waals surface area contributed by atoms with E-state index in [0.717, 1.165) is 9.01 Å². The molecular weight excluding hydrogens is 346 g/mol. The predicted molar refractivity (Wildman–Crippen MR) is 88.2 cm³/mol. The van der Waals surface area contributed by atoms with Crippen LogP contribution in [-0.2, 0) is 14.8 Å². The number of hydrogen-bond acceptors (Lipinski definition) is 4. The average Bonchev–Trinajstić information content (AvgIpc) is 2.74. The summed E-state index contributed by atoms with van der Waals surface area (Å²) in [5.74, 6) is -1.81. The van der Waals surface area contributed by atoms with Crippen molar-refractivity contribution in [3.63, 3.8) is 0 Å². The third kappa shape index (κ3) is 3.12. The largest absolute Gasteiger partial charge is 0.481 e. The zero-order valence-corrected chi connectivity index (χ0v) is 14.7. The molecule has 2 aromatic rings. The molecule has 0 aliphatic heterocycles. The van der Waals surface area contributed by atoms with Crippen LogP contribution in [0.3, 0.4) is 0 Å². The van der Waals surface area contributed by atoms with Crippen LogP contribution in [0.15, 0.2) is 23.1 Å². The zero-order valence-electron chi connectivity index (χ0n) is 12.3. The highest BCUT2D eigenvalue weighted by Crippen LogP contribution is 2.37. The first-order valence-corrected chi connectivity index (χ1v) is 9.16. The Morgan fingerprint density at radius 1 is 1.45 bits per heavy atom. The molecule has 22 heavy (non-hydrogen) atoms. The van der Waals surface area contributed by atoms with Crippen LogP contribution >= 0.6 is 22.9 Å². The lowest BCUT2D eigenvalue weighted by atomic mass is 10.2. The number of aliphatic carboxylic acids is 1. The molecule has 1 unspecified atom stereocenters. The number of rotatable bonds is 5. The van der Waals surface area contributed by atoms with E-state index in [1.165, 1.54) is 25.3 Å². The van der Waals surface area contributed by atoms with Crippen LogP contribution in [0.5, 0.6) is 0 Å². The first kappa shape index (κ1) is 17.2. The van der Waals surface area contributed by atoms with E-state index in [0.29, 0.717) is 15.3 Å². The normalized spacial score (nSPS) is 13.7. The van der Waals surface area contributed by atoms with Gasteiger partial charge in [0.15, 0.2) is 0 Å². The summed E-state index contributed by atoms with van der Waals surface area (Å²) >= 11 is 7.35. The maximum atomic E-state index is 12.8. The number of benzene rings is 1. The van der Waals surface area contributed by atoms with Gasteiger partial charge in [-0.05, 0) is 25.1 Å². The van der Waals surface area contributed by atoms with Crippen LogP contribution in [0.4, 0.5) is 0 Å². The number of carboxylic acid groups (broad SMARTS) is 1. The van der Waals surface area contributed by atoms with Gasteiger partial charge >= 0.3 is 5.97 Å². The SMILES string of the molecule is Cc1sc2ccc(Cl)cc2c1S(=O)(=O)N(C)CC(C)C(=O)O. The summed E-state index contributed by atoms with van der Waals surface area (Å²) < 4.78 is 27.5. The molecular formula is C14H16ClNO4S2. The summed E-state index contributed by atoms with van der Waals surface area (Å²) in [6, 6.07) is 5.13. The number of carbonyl (C=O) groups is 1. The third-order valence-electron chi connectivity index (χ3n) is 3.39. The molecule has 1 aromatic carbocycles. The van der Waals surface area contributed by atoms with E-state index in [-0.39, 0.29) is 11.4 Å². The van der Waals surface area contributed by atoms with Crippen molar-refractivity contribution in [2.45, 2.75) is 18.7 Å². The summed E-state index contributed by atoms with van der Waals surface area (Å²) in [4.78, 5) is 11.8. The highest BCUT2D eigenvalue weighted by Gasteiger charge is 2.29. The highest BCUT2D eigenvalue weighted by atomic mass is 35.5. The van der Waals surface area contributed by atoms with Crippen molar-refractivity contribution in [2.75, 3.05) is 13.6 Å². The van der Waals surface area contributed by atoms with Crippen molar-refractivity contribution >= 4 is 49.0 Å². The molecule has 0 aliphatic rings. The molecule has 0 saturated carbocycles. The number of fused-ring (bicyclic) bond motifs is 1. The number of nitrogens with zero attached hydrogens (tertiary/aromatic N) is 1. The number of aryl methyl sites for hydroxylation is 1. The number of hydrogen-bond donors (Lipinski definition) is 1. The van der Waals surface area contributed by atoms with Gasteiger partial charge in [-0.2, -0.15) is 0 Å².